The van der Waals surface area contributed by atoms with Gasteiger partial charge in [-0.1, -0.05) is 5.16 Å². The Bertz CT molecular complexity index is 749. The highest BCUT2D eigenvalue weighted by Crippen LogP contribution is 2.40. The van der Waals surface area contributed by atoms with E-state index in [4.69, 9.17) is 4.52 Å². The van der Waals surface area contributed by atoms with Crippen molar-refractivity contribution in [1.82, 2.24) is 24.8 Å². The highest BCUT2D eigenvalue weighted by Gasteiger charge is 2.38. The standard InChI is InChI=1S/C18H27N5O2/c1-4-23-12(3)15(11(2)20-23)8-22-7-14(10-24)16(9-22)18-19-17(21-25-18)13-5-6-13/h13-14,16,24H,4-10H2,1-3H3/t14-,16+/m0/s1. The summed E-state index contributed by atoms with van der Waals surface area (Å²) in [7, 11) is 0. The molecule has 0 aromatic carbocycles. The predicted molar refractivity (Wildman–Crippen MR) is 92.2 cm³/mol. The number of hydrogen-bond acceptors (Lipinski definition) is 6. The number of aryl methyl sites for hydroxylation is 2. The summed E-state index contributed by atoms with van der Waals surface area (Å²) in [4.78, 5) is 6.99. The molecule has 1 aliphatic heterocycles. The molecule has 25 heavy (non-hydrogen) atoms. The number of aliphatic hydroxyl groups excluding tert-OH is 1. The van der Waals surface area contributed by atoms with E-state index in [1.807, 2.05) is 0 Å². The lowest BCUT2D eigenvalue weighted by Gasteiger charge is -2.15. The van der Waals surface area contributed by atoms with E-state index in [1.54, 1.807) is 0 Å². The number of aliphatic hydroxyl groups is 1. The first kappa shape index (κ1) is 16.7. The van der Waals surface area contributed by atoms with Crippen LogP contribution in [0.2, 0.25) is 0 Å². The second-order valence-electron chi connectivity index (χ2n) is 7.47. The summed E-state index contributed by atoms with van der Waals surface area (Å²) < 4.78 is 7.59. The molecule has 3 heterocycles. The molecule has 4 rings (SSSR count). The van der Waals surface area contributed by atoms with E-state index in [-0.39, 0.29) is 18.4 Å². The van der Waals surface area contributed by atoms with E-state index in [0.29, 0.717) is 11.8 Å². The van der Waals surface area contributed by atoms with Crippen LogP contribution >= 0.6 is 0 Å². The molecule has 7 nitrogen and oxygen atoms in total. The van der Waals surface area contributed by atoms with Crippen molar-refractivity contribution < 1.29 is 9.63 Å². The van der Waals surface area contributed by atoms with E-state index in [1.165, 1.54) is 24.1 Å². The van der Waals surface area contributed by atoms with Gasteiger partial charge in [0.05, 0.1) is 11.6 Å². The third kappa shape index (κ3) is 3.11. The third-order valence-electron chi connectivity index (χ3n) is 5.68. The van der Waals surface area contributed by atoms with Gasteiger partial charge in [0.15, 0.2) is 5.82 Å². The highest BCUT2D eigenvalue weighted by atomic mass is 16.5. The monoisotopic (exact) mass is 345 g/mol. The lowest BCUT2D eigenvalue weighted by atomic mass is 9.97. The molecule has 0 amide bonds. The summed E-state index contributed by atoms with van der Waals surface area (Å²) >= 11 is 0. The van der Waals surface area contributed by atoms with Gasteiger partial charge >= 0.3 is 0 Å². The van der Waals surface area contributed by atoms with E-state index < -0.39 is 0 Å². The number of rotatable bonds is 6. The van der Waals surface area contributed by atoms with Gasteiger partial charge in [-0.3, -0.25) is 9.58 Å². The molecule has 1 saturated carbocycles. The van der Waals surface area contributed by atoms with Crippen LogP contribution in [-0.2, 0) is 13.1 Å². The minimum Gasteiger partial charge on any atom is -0.396 e. The van der Waals surface area contributed by atoms with Gasteiger partial charge in [-0.15, -0.1) is 0 Å². The Morgan fingerprint density at radius 1 is 1.24 bits per heavy atom. The van der Waals surface area contributed by atoms with Crippen molar-refractivity contribution in [1.29, 1.82) is 0 Å². The maximum atomic E-state index is 9.83. The summed E-state index contributed by atoms with van der Waals surface area (Å²) in [6, 6.07) is 0. The van der Waals surface area contributed by atoms with E-state index in [9.17, 15) is 5.11 Å². The summed E-state index contributed by atoms with van der Waals surface area (Å²) in [5.74, 6) is 2.30. The van der Waals surface area contributed by atoms with Crippen LogP contribution in [0.1, 0.15) is 60.3 Å². The van der Waals surface area contributed by atoms with Gasteiger partial charge in [0.2, 0.25) is 5.89 Å². The number of nitrogens with zero attached hydrogens (tertiary/aromatic N) is 5. The van der Waals surface area contributed by atoms with Crippen molar-refractivity contribution in [2.45, 2.75) is 58.5 Å². The fraction of sp³-hybridized carbons (Fsp3) is 0.722. The molecule has 136 valence electrons. The minimum absolute atomic E-state index is 0.117. The summed E-state index contributed by atoms with van der Waals surface area (Å²) in [5.41, 5.74) is 3.62. The molecule has 2 fully saturated rings. The lowest BCUT2D eigenvalue weighted by molar-refractivity contribution is 0.204. The van der Waals surface area contributed by atoms with Crippen LogP contribution in [-0.4, -0.2) is 49.6 Å². The van der Waals surface area contributed by atoms with Crippen LogP contribution in [0.15, 0.2) is 4.52 Å². The van der Waals surface area contributed by atoms with Gasteiger partial charge in [-0.25, -0.2) is 0 Å². The van der Waals surface area contributed by atoms with Crippen LogP contribution < -0.4 is 0 Å². The Morgan fingerprint density at radius 2 is 2.04 bits per heavy atom. The molecule has 1 N–H and O–H groups in total. The number of aromatic nitrogens is 4. The Kier molecular flexibility index (Phi) is 4.37. The molecule has 2 aliphatic rings. The maximum absolute atomic E-state index is 9.83. The fourth-order valence-electron chi connectivity index (χ4n) is 3.95. The molecule has 0 bridgehead atoms. The first-order valence-electron chi connectivity index (χ1n) is 9.30. The average Bonchev–Trinajstić information content (AvgIpc) is 3.10. The zero-order valence-electron chi connectivity index (χ0n) is 15.3. The Labute approximate surface area is 148 Å². The van der Waals surface area contributed by atoms with E-state index >= 15 is 0 Å². The lowest BCUT2D eigenvalue weighted by Crippen LogP contribution is -2.21. The van der Waals surface area contributed by atoms with Gasteiger partial charge in [-0.2, -0.15) is 10.1 Å². The smallest absolute Gasteiger partial charge is 0.231 e. The molecule has 1 saturated heterocycles. The quantitative estimate of drug-likeness (QED) is 0.862. The molecular formula is C18H27N5O2. The average molecular weight is 345 g/mol. The molecule has 7 heteroatoms. The molecule has 0 unspecified atom stereocenters. The van der Waals surface area contributed by atoms with Gasteiger partial charge < -0.3 is 9.63 Å². The van der Waals surface area contributed by atoms with Gasteiger partial charge in [0.1, 0.15) is 0 Å². The predicted octanol–water partition coefficient (Wildman–Crippen LogP) is 1.99. The zero-order chi connectivity index (χ0) is 17.6. The van der Waals surface area contributed by atoms with Crippen molar-refractivity contribution in [3.8, 4) is 0 Å². The molecule has 1 aliphatic carbocycles. The first-order valence-corrected chi connectivity index (χ1v) is 9.30. The van der Waals surface area contributed by atoms with Crippen molar-refractivity contribution >= 4 is 0 Å². The fourth-order valence-corrected chi connectivity index (χ4v) is 3.95. The van der Waals surface area contributed by atoms with Crippen LogP contribution in [0.5, 0.6) is 0 Å². The SMILES string of the molecule is CCn1nc(C)c(CN2C[C@@H](CO)[C@H](c3nc(C4CC4)no3)C2)c1C. The summed E-state index contributed by atoms with van der Waals surface area (Å²) in [5, 5.41) is 18.6. The normalized spacial score (nSPS) is 24.3. The molecule has 0 radical (unpaired) electrons. The van der Waals surface area contributed by atoms with Crippen LogP contribution in [0.3, 0.4) is 0 Å². The van der Waals surface area contributed by atoms with Crippen LogP contribution in [0, 0.1) is 19.8 Å². The van der Waals surface area contributed by atoms with Crippen molar-refractivity contribution in [2.75, 3.05) is 19.7 Å². The zero-order valence-corrected chi connectivity index (χ0v) is 15.3. The highest BCUT2D eigenvalue weighted by molar-refractivity contribution is 5.25. The van der Waals surface area contributed by atoms with Crippen molar-refractivity contribution in [3.05, 3.63) is 28.7 Å². The Hall–Kier alpha value is -1.73. The second kappa shape index (κ2) is 6.53. The van der Waals surface area contributed by atoms with Crippen LogP contribution in [0.25, 0.3) is 0 Å². The minimum atomic E-state index is 0.117. The van der Waals surface area contributed by atoms with E-state index in [2.05, 4.69) is 45.6 Å². The number of hydrogen-bond donors (Lipinski definition) is 1. The largest absolute Gasteiger partial charge is 0.396 e. The van der Waals surface area contributed by atoms with Crippen molar-refractivity contribution in [3.63, 3.8) is 0 Å². The van der Waals surface area contributed by atoms with Gasteiger partial charge in [0.25, 0.3) is 0 Å². The molecule has 2 atom stereocenters. The maximum Gasteiger partial charge on any atom is 0.231 e. The summed E-state index contributed by atoms with van der Waals surface area (Å²) in [6.45, 7) is 9.90. The van der Waals surface area contributed by atoms with Gasteiger partial charge in [-0.05, 0) is 33.6 Å². The van der Waals surface area contributed by atoms with Crippen molar-refractivity contribution in [2.24, 2.45) is 5.92 Å². The molecule has 2 aromatic rings. The number of likely N-dealkylation sites (tertiary alicyclic amines) is 1. The van der Waals surface area contributed by atoms with Crippen LogP contribution in [0.4, 0.5) is 0 Å². The summed E-state index contributed by atoms with van der Waals surface area (Å²) in [6.07, 6.45) is 2.33. The Morgan fingerprint density at radius 3 is 2.68 bits per heavy atom. The molecular weight excluding hydrogens is 318 g/mol. The molecule has 0 spiro atoms. The molecule has 2 aromatic heterocycles. The Balaban J connectivity index is 1.50. The second-order valence-corrected chi connectivity index (χ2v) is 7.47. The topological polar surface area (TPSA) is 80.2 Å². The third-order valence-corrected chi connectivity index (χ3v) is 5.68. The first-order chi connectivity index (χ1) is 12.1. The van der Waals surface area contributed by atoms with Gasteiger partial charge in [0, 0.05) is 55.9 Å². The van der Waals surface area contributed by atoms with E-state index in [0.717, 1.165) is 37.7 Å².